The fourth-order valence-corrected chi connectivity index (χ4v) is 6.08. The van der Waals surface area contributed by atoms with Gasteiger partial charge in [-0.15, -0.1) is 10.2 Å². The molecule has 286 valence electrons. The zero-order valence-corrected chi connectivity index (χ0v) is 33.9. The molecule has 3 aromatic rings. The lowest BCUT2D eigenvalue weighted by Crippen LogP contribution is -2.28. The Hall–Kier alpha value is -5.44. The monoisotopic (exact) mass is 744 g/mol. The summed E-state index contributed by atoms with van der Waals surface area (Å²) in [7, 11) is 0. The average molecular weight is 745 g/mol. The maximum atomic E-state index is 13.9. The van der Waals surface area contributed by atoms with Gasteiger partial charge in [-0.05, 0) is 107 Å². The molecule has 0 fully saturated rings. The number of azo groups is 2. The van der Waals surface area contributed by atoms with Crippen molar-refractivity contribution < 1.29 is 22.8 Å². The van der Waals surface area contributed by atoms with Crippen molar-refractivity contribution in [3.05, 3.63) is 142 Å². The number of carbonyl (C=O) groups excluding carboxylic acids is 2. The maximum Gasteiger partial charge on any atom is 0.186 e. The highest BCUT2D eigenvalue weighted by atomic mass is 19.1. The van der Waals surface area contributed by atoms with Crippen LogP contribution in [0.15, 0.2) is 143 Å². The molecule has 0 N–H and O–H groups in total. The summed E-state index contributed by atoms with van der Waals surface area (Å²) in [5.74, 6) is -0.242. The van der Waals surface area contributed by atoms with Gasteiger partial charge in [-0.1, -0.05) is 83.1 Å². The van der Waals surface area contributed by atoms with Gasteiger partial charge in [-0.2, -0.15) is 10.2 Å². The van der Waals surface area contributed by atoms with E-state index in [1.54, 1.807) is 12.1 Å². The molecule has 2 aromatic carbocycles. The predicted molar refractivity (Wildman–Crippen MR) is 215 cm³/mol. The van der Waals surface area contributed by atoms with Crippen LogP contribution in [0.25, 0.3) is 11.4 Å². The number of rotatable bonds is 6. The predicted octanol–water partition coefficient (Wildman–Crippen LogP) is 13.6. The Balaban J connectivity index is 1.82. The first-order chi connectivity index (χ1) is 25.4. The van der Waals surface area contributed by atoms with Crippen molar-refractivity contribution in [2.75, 3.05) is 0 Å². The van der Waals surface area contributed by atoms with E-state index in [0.29, 0.717) is 67.7 Å². The molecule has 55 heavy (non-hydrogen) atoms. The Labute approximate surface area is 323 Å². The van der Waals surface area contributed by atoms with E-state index in [0.717, 1.165) is 0 Å². The van der Waals surface area contributed by atoms with Crippen LogP contribution in [0.4, 0.5) is 20.2 Å². The second-order valence-electron chi connectivity index (χ2n) is 18.0. The van der Waals surface area contributed by atoms with E-state index in [9.17, 15) is 18.4 Å². The molecule has 0 saturated carbocycles. The molecule has 0 aliphatic heterocycles. The minimum atomic E-state index is -0.494. The van der Waals surface area contributed by atoms with Crippen LogP contribution in [-0.2, 0) is 9.59 Å². The van der Waals surface area contributed by atoms with Gasteiger partial charge >= 0.3 is 0 Å². The van der Waals surface area contributed by atoms with Gasteiger partial charge in [0.2, 0.25) is 0 Å². The first-order valence-corrected chi connectivity index (χ1v) is 18.4. The largest absolute Gasteiger partial charge is 0.453 e. The fraction of sp³-hybridized carbons (Fsp3) is 0.348. The topological polar surface area (TPSA) is 96.7 Å². The molecular formula is C46H50F2N4O3. The second-order valence-corrected chi connectivity index (χ2v) is 18.0. The molecule has 0 radical (unpaired) electrons. The number of hydrogen-bond acceptors (Lipinski definition) is 7. The molecule has 9 heteroatoms. The van der Waals surface area contributed by atoms with Gasteiger partial charge < -0.3 is 4.42 Å². The molecule has 2 aliphatic carbocycles. The van der Waals surface area contributed by atoms with Crippen molar-refractivity contribution in [3.63, 3.8) is 0 Å². The molecule has 2 aliphatic rings. The van der Waals surface area contributed by atoms with Crippen LogP contribution >= 0.6 is 0 Å². The third-order valence-electron chi connectivity index (χ3n) is 9.21. The zero-order valence-electron chi connectivity index (χ0n) is 33.9. The second kappa shape index (κ2) is 15.0. The van der Waals surface area contributed by atoms with Gasteiger partial charge in [0, 0.05) is 33.4 Å². The third kappa shape index (κ3) is 9.45. The molecule has 0 unspecified atom stereocenters. The highest BCUT2D eigenvalue weighted by Gasteiger charge is 2.37. The number of halogens is 2. The Morgan fingerprint density at radius 2 is 0.727 bits per heavy atom. The molecule has 0 bridgehead atoms. The molecule has 5 rings (SSSR count). The quantitative estimate of drug-likeness (QED) is 0.235. The number of nitrogens with zero attached hydrogens (tertiary/aromatic N) is 4. The maximum absolute atomic E-state index is 13.9. The minimum absolute atomic E-state index is 0.0401. The molecule has 0 amide bonds. The van der Waals surface area contributed by atoms with Crippen LogP contribution in [-0.4, -0.2) is 11.6 Å². The molecule has 0 atom stereocenters. The average Bonchev–Trinajstić information content (AvgIpc) is 3.55. The summed E-state index contributed by atoms with van der Waals surface area (Å²) in [6, 6.07) is 14.8. The van der Waals surface area contributed by atoms with Crippen LogP contribution < -0.4 is 0 Å². The lowest BCUT2D eigenvalue weighted by molar-refractivity contribution is -0.114. The van der Waals surface area contributed by atoms with E-state index in [-0.39, 0.29) is 11.6 Å². The van der Waals surface area contributed by atoms with Crippen molar-refractivity contribution in [2.45, 2.75) is 83.1 Å². The molecule has 0 spiro atoms. The van der Waals surface area contributed by atoms with Crippen molar-refractivity contribution >= 4 is 34.3 Å². The van der Waals surface area contributed by atoms with E-state index >= 15 is 0 Å². The molecular weight excluding hydrogens is 695 g/mol. The highest BCUT2D eigenvalue weighted by Crippen LogP contribution is 2.44. The van der Waals surface area contributed by atoms with E-state index in [2.05, 4.69) is 20.5 Å². The molecule has 0 saturated heterocycles. The van der Waals surface area contributed by atoms with Crippen LogP contribution in [0.2, 0.25) is 0 Å². The molecule has 1 heterocycles. The van der Waals surface area contributed by atoms with Gasteiger partial charge in [-0.3, -0.25) is 9.59 Å². The van der Waals surface area contributed by atoms with Crippen molar-refractivity contribution in [2.24, 2.45) is 42.1 Å². The third-order valence-corrected chi connectivity index (χ3v) is 9.21. The summed E-state index contributed by atoms with van der Waals surface area (Å²) in [6.45, 7) is 23.9. The number of ketones is 2. The fourth-order valence-electron chi connectivity index (χ4n) is 6.08. The number of allylic oxidation sites excluding steroid dienone is 10. The van der Waals surface area contributed by atoms with Gasteiger partial charge in [0.15, 0.2) is 23.1 Å². The van der Waals surface area contributed by atoms with Gasteiger partial charge in [0.25, 0.3) is 0 Å². The van der Waals surface area contributed by atoms with E-state index in [1.165, 1.54) is 48.5 Å². The summed E-state index contributed by atoms with van der Waals surface area (Å²) < 4.78 is 34.2. The van der Waals surface area contributed by atoms with Crippen molar-refractivity contribution in [1.82, 2.24) is 0 Å². The number of Topliss-reactive ketones (excluding diaryl/α,β-unsaturated/α-hetero) is 2. The number of benzene rings is 2. The van der Waals surface area contributed by atoms with Crippen molar-refractivity contribution in [3.8, 4) is 0 Å². The Morgan fingerprint density at radius 3 is 0.982 bits per heavy atom. The molecule has 1 aromatic heterocycles. The van der Waals surface area contributed by atoms with Crippen LogP contribution in [0, 0.1) is 33.3 Å². The van der Waals surface area contributed by atoms with Crippen LogP contribution in [0.3, 0.4) is 0 Å². The highest BCUT2D eigenvalue weighted by molar-refractivity contribution is 6.13. The smallest absolute Gasteiger partial charge is 0.186 e. The van der Waals surface area contributed by atoms with Gasteiger partial charge in [0.05, 0.1) is 11.4 Å². The van der Waals surface area contributed by atoms with E-state index in [1.807, 2.05) is 107 Å². The first kappa shape index (κ1) is 40.7. The van der Waals surface area contributed by atoms with E-state index < -0.39 is 33.3 Å². The Morgan fingerprint density at radius 1 is 0.455 bits per heavy atom. The minimum Gasteiger partial charge on any atom is -0.453 e. The van der Waals surface area contributed by atoms with Gasteiger partial charge in [-0.25, -0.2) is 8.78 Å². The summed E-state index contributed by atoms with van der Waals surface area (Å²) in [4.78, 5) is 27.7. The molecule has 7 nitrogen and oxygen atoms in total. The van der Waals surface area contributed by atoms with Crippen LogP contribution in [0.1, 0.15) is 94.6 Å². The SMILES string of the molecule is CC(C)(C)C1=CC(=C(N=Nc2ccc(F)cc2)c2ccc(C(N=Nc3ccc(F)cc3)=C3C=C(C(C)(C)C)C(=O)C(C(C)(C)C)=C3)o2)C=C(C(C)(C)C)C1=O. The number of furan rings is 1. The summed E-state index contributed by atoms with van der Waals surface area (Å²) in [6.07, 6.45) is 7.32. The van der Waals surface area contributed by atoms with Crippen molar-refractivity contribution in [1.29, 1.82) is 0 Å². The Kier molecular flexibility index (Phi) is 11.1. The number of carbonyl (C=O) groups is 2. The summed E-state index contributed by atoms with van der Waals surface area (Å²) >= 11 is 0. The normalized spacial score (nSPS) is 16.1. The van der Waals surface area contributed by atoms with Crippen LogP contribution in [0.5, 0.6) is 0 Å². The van der Waals surface area contributed by atoms with E-state index in [4.69, 9.17) is 4.42 Å². The van der Waals surface area contributed by atoms with Gasteiger partial charge in [0.1, 0.15) is 23.0 Å². The lowest BCUT2D eigenvalue weighted by Gasteiger charge is -2.31. The summed E-state index contributed by atoms with van der Waals surface area (Å²) in [5.41, 5.74) is 3.18. The first-order valence-electron chi connectivity index (χ1n) is 18.4. The zero-order chi connectivity index (χ0) is 40.7. The standard InChI is InChI=1S/C46H50F2N4O3/c1-43(2,3)33-23-27(24-34(41(33)53)44(4,5)6)39(51-49-31-17-13-29(47)14-18-31)37-21-22-38(55-37)40(52-50-32-19-15-30(48)16-20-32)28-25-35(45(7,8)9)42(54)36(26-28)46(10,11)12/h13-26H,1-12H3. The summed E-state index contributed by atoms with van der Waals surface area (Å²) in [5, 5.41) is 18.3. The lowest BCUT2D eigenvalue weighted by atomic mass is 9.71. The number of hydrogen-bond donors (Lipinski definition) is 0. The Bertz CT molecular complexity index is 2030.